The van der Waals surface area contributed by atoms with E-state index in [0.29, 0.717) is 6.61 Å². The van der Waals surface area contributed by atoms with E-state index in [1.54, 1.807) is 7.11 Å². The monoisotopic (exact) mass is 254 g/mol. The van der Waals surface area contributed by atoms with E-state index in [0.717, 1.165) is 12.0 Å². The van der Waals surface area contributed by atoms with Crippen molar-refractivity contribution < 1.29 is 14.4 Å². The molecule has 0 aromatic rings. The summed E-state index contributed by atoms with van der Waals surface area (Å²) in [5, 5.41) is 9.47. The van der Waals surface area contributed by atoms with E-state index in [-0.39, 0.29) is 12.0 Å². The summed E-state index contributed by atoms with van der Waals surface area (Å²) in [6.07, 6.45) is 4.71. The summed E-state index contributed by atoms with van der Waals surface area (Å²) in [5.41, 5.74) is 0.216. The molecular weight excluding hydrogens is 226 g/mol. The highest BCUT2D eigenvalue weighted by Gasteiger charge is 2.50. The Kier molecular flexibility index (Phi) is 6.50. The Labute approximate surface area is 111 Å². The summed E-state index contributed by atoms with van der Waals surface area (Å²) in [7, 11) is 1.70. The van der Waals surface area contributed by atoms with Crippen LogP contribution in [0.25, 0.3) is 0 Å². The average molecular weight is 254 g/mol. The zero-order chi connectivity index (χ0) is 14.4. The summed E-state index contributed by atoms with van der Waals surface area (Å²) < 4.78 is 7.05. The summed E-state index contributed by atoms with van der Waals surface area (Å²) >= 11 is 0. The maximum atomic E-state index is 9.47. The van der Waals surface area contributed by atoms with Crippen LogP contribution in [0.15, 0.2) is 24.4 Å². The van der Waals surface area contributed by atoms with Crippen molar-refractivity contribution in [3.8, 4) is 0 Å². The van der Waals surface area contributed by atoms with Gasteiger partial charge in [0.25, 0.3) is 0 Å². The van der Waals surface area contributed by atoms with E-state index in [1.807, 2.05) is 23.8 Å². The number of rotatable bonds is 8. The lowest BCUT2D eigenvalue weighted by atomic mass is 9.67. The number of ether oxygens (including phenoxy) is 1. The van der Waals surface area contributed by atoms with Gasteiger partial charge in [0, 0.05) is 31.6 Å². The van der Waals surface area contributed by atoms with Crippen LogP contribution >= 0.6 is 0 Å². The van der Waals surface area contributed by atoms with Gasteiger partial charge in [0.2, 0.25) is 0 Å². The molecular formula is C15H28NO2+. The molecule has 0 amide bonds. The lowest BCUT2D eigenvalue weighted by molar-refractivity contribution is -0.547. The fourth-order valence-electron chi connectivity index (χ4n) is 2.15. The highest BCUT2D eigenvalue weighted by Crippen LogP contribution is 2.41. The van der Waals surface area contributed by atoms with Gasteiger partial charge in [-0.25, -0.2) is 4.58 Å². The van der Waals surface area contributed by atoms with Gasteiger partial charge in [0.1, 0.15) is 6.72 Å². The minimum Gasteiger partial charge on any atom is -0.392 e. The highest BCUT2D eigenvalue weighted by atomic mass is 16.5. The van der Waals surface area contributed by atoms with Gasteiger partial charge in [-0.1, -0.05) is 20.4 Å². The zero-order valence-corrected chi connectivity index (χ0v) is 12.5. The van der Waals surface area contributed by atoms with Crippen LogP contribution in [0.2, 0.25) is 0 Å². The van der Waals surface area contributed by atoms with Crippen LogP contribution < -0.4 is 0 Å². The fraction of sp³-hybridized carbons (Fsp3) is 0.667. The Morgan fingerprint density at radius 2 is 1.94 bits per heavy atom. The summed E-state index contributed by atoms with van der Waals surface area (Å²) in [6, 6.07) is 0. The molecule has 1 unspecified atom stereocenters. The van der Waals surface area contributed by atoms with Crippen molar-refractivity contribution in [2.24, 2.45) is 5.41 Å². The second-order valence-electron chi connectivity index (χ2n) is 5.41. The molecule has 104 valence electrons. The third-order valence-electron chi connectivity index (χ3n) is 4.03. The molecule has 0 saturated carbocycles. The lowest BCUT2D eigenvalue weighted by Crippen LogP contribution is -2.51. The number of methoxy groups -OCH3 is 1. The highest BCUT2D eigenvalue weighted by molar-refractivity contribution is 5.24. The predicted octanol–water partition coefficient (Wildman–Crippen LogP) is 2.60. The van der Waals surface area contributed by atoms with Crippen LogP contribution in [-0.2, 0) is 4.74 Å². The van der Waals surface area contributed by atoms with Crippen molar-refractivity contribution in [1.29, 1.82) is 0 Å². The van der Waals surface area contributed by atoms with Gasteiger partial charge in [0.15, 0.2) is 11.7 Å². The molecule has 0 fully saturated rings. The molecule has 0 spiro atoms. The van der Waals surface area contributed by atoms with E-state index in [2.05, 4.69) is 34.1 Å². The van der Waals surface area contributed by atoms with E-state index < -0.39 is 5.54 Å². The Balaban J connectivity index is 5.46. The van der Waals surface area contributed by atoms with E-state index in [9.17, 15) is 5.11 Å². The number of nitrogens with zero attached hydrogens (tertiary/aromatic N) is 1. The third kappa shape index (κ3) is 3.30. The van der Waals surface area contributed by atoms with Gasteiger partial charge in [-0.05, 0) is 19.4 Å². The van der Waals surface area contributed by atoms with Crippen LogP contribution in [-0.4, -0.2) is 42.3 Å². The molecule has 3 nitrogen and oxygen atoms in total. The quantitative estimate of drug-likeness (QED) is 0.410. The number of aliphatic hydroxyl groups excluding tert-OH is 1. The van der Waals surface area contributed by atoms with Crippen LogP contribution in [0.5, 0.6) is 0 Å². The molecule has 0 aromatic carbocycles. The van der Waals surface area contributed by atoms with E-state index in [4.69, 9.17) is 4.74 Å². The topological polar surface area (TPSA) is 32.5 Å². The van der Waals surface area contributed by atoms with Crippen molar-refractivity contribution in [3.05, 3.63) is 24.4 Å². The first-order chi connectivity index (χ1) is 8.27. The number of allylic oxidation sites excluding steroid dienone is 1. The van der Waals surface area contributed by atoms with Crippen molar-refractivity contribution >= 4 is 6.72 Å². The van der Waals surface area contributed by atoms with Crippen LogP contribution in [0.1, 0.15) is 34.1 Å². The maximum Gasteiger partial charge on any atom is 0.192 e. The molecule has 0 rings (SSSR count). The summed E-state index contributed by atoms with van der Waals surface area (Å²) in [5.74, 6) is 0. The van der Waals surface area contributed by atoms with Gasteiger partial charge >= 0.3 is 0 Å². The number of aliphatic hydroxyl groups is 1. The molecule has 0 aliphatic heterocycles. The minimum atomic E-state index is -0.424. The summed E-state index contributed by atoms with van der Waals surface area (Å²) in [6.45, 7) is 17.0. The van der Waals surface area contributed by atoms with E-state index >= 15 is 0 Å². The number of hydrogen-bond acceptors (Lipinski definition) is 2. The molecule has 1 N–H and O–H groups in total. The van der Waals surface area contributed by atoms with Crippen molar-refractivity contribution in [2.75, 3.05) is 20.3 Å². The molecule has 18 heavy (non-hydrogen) atoms. The minimum absolute atomic E-state index is 0.0452. The average Bonchev–Trinajstić information content (AvgIpc) is 2.34. The van der Waals surface area contributed by atoms with Gasteiger partial charge in [0.05, 0.1) is 6.61 Å². The number of hydrogen-bond donors (Lipinski definition) is 1. The molecule has 0 aliphatic rings. The van der Waals surface area contributed by atoms with Crippen molar-refractivity contribution in [1.82, 2.24) is 0 Å². The fourth-order valence-corrected chi connectivity index (χ4v) is 2.15. The Morgan fingerprint density at radius 3 is 2.33 bits per heavy atom. The van der Waals surface area contributed by atoms with Crippen LogP contribution in [0.3, 0.4) is 0 Å². The van der Waals surface area contributed by atoms with Crippen molar-refractivity contribution in [3.63, 3.8) is 0 Å². The lowest BCUT2D eigenvalue weighted by Gasteiger charge is -2.40. The Bertz CT molecular complexity index is 331. The van der Waals surface area contributed by atoms with Crippen LogP contribution in [0.4, 0.5) is 0 Å². The molecule has 3 heteroatoms. The molecule has 0 aromatic heterocycles. The van der Waals surface area contributed by atoms with Crippen molar-refractivity contribution in [2.45, 2.75) is 39.7 Å². The first-order valence-electron chi connectivity index (χ1n) is 6.28. The van der Waals surface area contributed by atoms with Gasteiger partial charge in [-0.2, -0.15) is 0 Å². The third-order valence-corrected chi connectivity index (χ3v) is 4.03. The van der Waals surface area contributed by atoms with Gasteiger partial charge < -0.3 is 9.84 Å². The normalized spacial score (nSPS) is 15.7. The molecule has 0 radical (unpaired) electrons. The smallest absolute Gasteiger partial charge is 0.192 e. The molecule has 1 atom stereocenters. The molecule has 0 heterocycles. The maximum absolute atomic E-state index is 9.47. The second kappa shape index (κ2) is 6.86. The van der Waals surface area contributed by atoms with E-state index in [1.165, 1.54) is 0 Å². The summed E-state index contributed by atoms with van der Waals surface area (Å²) in [4.78, 5) is 0. The molecule has 0 bridgehead atoms. The standard InChI is InChI=1S/C15H28NO2/c1-8-10-16(6)15(5,13(2)12-17)14(3,4)9-11-18-7/h8,10,17H,2,6,9,11-12H2,1,3-5,7H3/q+1/b10-8-. The Morgan fingerprint density at radius 1 is 1.39 bits per heavy atom. The van der Waals surface area contributed by atoms with Crippen LogP contribution in [0, 0.1) is 5.41 Å². The Hall–Kier alpha value is -0.930. The molecule has 0 saturated heterocycles. The zero-order valence-electron chi connectivity index (χ0n) is 12.5. The largest absolute Gasteiger partial charge is 0.392 e. The van der Waals surface area contributed by atoms with Gasteiger partial charge in [-0.3, -0.25) is 0 Å². The SMILES string of the molecule is C=C(CO)C(C)([N+](=C)/C=C\C)C(C)(C)CCOC. The first-order valence-corrected chi connectivity index (χ1v) is 6.28. The molecule has 0 aliphatic carbocycles. The van der Waals surface area contributed by atoms with Gasteiger partial charge in [-0.15, -0.1) is 0 Å². The second-order valence-corrected chi connectivity index (χ2v) is 5.41. The predicted molar refractivity (Wildman–Crippen MR) is 77.1 cm³/mol. The first kappa shape index (κ1) is 17.1.